The van der Waals surface area contributed by atoms with E-state index in [1.165, 1.54) is 18.3 Å². The molecular weight excluding hydrogens is 234 g/mol. The van der Waals surface area contributed by atoms with Gasteiger partial charge in [-0.15, -0.1) is 10.2 Å². The Morgan fingerprint density at radius 3 is 2.61 bits per heavy atom. The van der Waals surface area contributed by atoms with Crippen LogP contribution in [0.1, 0.15) is 17.2 Å². The van der Waals surface area contributed by atoms with Crippen molar-refractivity contribution in [1.29, 1.82) is 0 Å². The lowest BCUT2D eigenvalue weighted by Gasteiger charge is -1.97. The fourth-order valence-corrected chi connectivity index (χ4v) is 1.47. The zero-order chi connectivity index (χ0) is 13.1. The van der Waals surface area contributed by atoms with Crippen molar-refractivity contribution in [3.05, 3.63) is 51.6 Å². The molecule has 1 aromatic carbocycles. The van der Waals surface area contributed by atoms with Crippen LogP contribution in [0.25, 0.3) is 0 Å². The summed E-state index contributed by atoms with van der Waals surface area (Å²) in [7, 11) is 0. The molecule has 1 heterocycles. The minimum atomic E-state index is -0.438. The second kappa shape index (κ2) is 4.74. The van der Waals surface area contributed by atoms with Gasteiger partial charge in [-0.2, -0.15) is 5.10 Å². The van der Waals surface area contributed by atoms with Crippen LogP contribution in [0.4, 0.5) is 5.69 Å². The molecule has 0 N–H and O–H groups in total. The third-order valence-electron chi connectivity index (χ3n) is 2.36. The monoisotopic (exact) mass is 245 g/mol. The number of rotatable bonds is 3. The van der Waals surface area contributed by atoms with Gasteiger partial charge in [-0.25, -0.2) is 4.68 Å². The summed E-state index contributed by atoms with van der Waals surface area (Å²) in [5, 5.41) is 22.5. The van der Waals surface area contributed by atoms with Crippen LogP contribution in [0.5, 0.6) is 0 Å². The van der Waals surface area contributed by atoms with E-state index in [0.717, 1.165) is 0 Å². The second-order valence-corrected chi connectivity index (χ2v) is 3.70. The zero-order valence-electron chi connectivity index (χ0n) is 9.94. The first-order valence-corrected chi connectivity index (χ1v) is 5.25. The number of aryl methyl sites for hydroxylation is 2. The average molecular weight is 245 g/mol. The van der Waals surface area contributed by atoms with E-state index in [0.29, 0.717) is 17.2 Å². The van der Waals surface area contributed by atoms with E-state index in [2.05, 4.69) is 15.3 Å². The molecule has 0 aliphatic carbocycles. The number of nitro benzene ring substituents is 1. The van der Waals surface area contributed by atoms with Gasteiger partial charge in [-0.05, 0) is 13.8 Å². The number of non-ortho nitro benzene ring substituents is 1. The molecule has 0 spiro atoms. The van der Waals surface area contributed by atoms with Gasteiger partial charge >= 0.3 is 0 Å². The number of hydrogen-bond donors (Lipinski definition) is 0. The van der Waals surface area contributed by atoms with E-state index < -0.39 is 4.92 Å². The van der Waals surface area contributed by atoms with Crippen molar-refractivity contribution >= 4 is 11.9 Å². The third kappa shape index (κ3) is 2.40. The van der Waals surface area contributed by atoms with Crippen LogP contribution in [0, 0.1) is 24.0 Å². The number of nitrogens with zero attached hydrogens (tertiary/aromatic N) is 5. The van der Waals surface area contributed by atoms with Crippen molar-refractivity contribution in [2.24, 2.45) is 5.10 Å². The maximum absolute atomic E-state index is 10.6. The zero-order valence-corrected chi connectivity index (χ0v) is 9.94. The van der Waals surface area contributed by atoms with E-state index in [1.807, 2.05) is 0 Å². The van der Waals surface area contributed by atoms with E-state index in [1.54, 1.807) is 30.7 Å². The first kappa shape index (κ1) is 11.9. The number of benzene rings is 1. The van der Waals surface area contributed by atoms with Gasteiger partial charge in [0.05, 0.1) is 11.1 Å². The Morgan fingerprint density at radius 2 is 2.00 bits per heavy atom. The van der Waals surface area contributed by atoms with Crippen molar-refractivity contribution in [1.82, 2.24) is 14.9 Å². The predicted molar refractivity (Wildman–Crippen MR) is 65.6 cm³/mol. The lowest BCUT2D eigenvalue weighted by Crippen LogP contribution is -1.96. The molecule has 2 rings (SSSR count). The van der Waals surface area contributed by atoms with E-state index in [4.69, 9.17) is 0 Å². The molecule has 7 nitrogen and oxygen atoms in total. The van der Waals surface area contributed by atoms with Crippen LogP contribution in [0.3, 0.4) is 0 Å². The minimum absolute atomic E-state index is 0.0381. The SMILES string of the molecule is Cc1nnc(C)n1N=Cc1cccc([N+](=O)[O-])c1. The maximum atomic E-state index is 10.6. The van der Waals surface area contributed by atoms with Crippen molar-refractivity contribution in [2.75, 3.05) is 0 Å². The molecule has 7 heteroatoms. The van der Waals surface area contributed by atoms with E-state index in [-0.39, 0.29) is 5.69 Å². The molecule has 0 amide bonds. The first-order valence-electron chi connectivity index (χ1n) is 5.25. The Bertz CT molecular complexity index is 598. The summed E-state index contributed by atoms with van der Waals surface area (Å²) in [4.78, 5) is 10.2. The number of nitro groups is 1. The highest BCUT2D eigenvalue weighted by molar-refractivity contribution is 5.80. The molecular formula is C11H11N5O2. The molecule has 0 bridgehead atoms. The summed E-state index contributed by atoms with van der Waals surface area (Å²) in [6.07, 6.45) is 1.54. The highest BCUT2D eigenvalue weighted by Crippen LogP contribution is 2.11. The molecule has 0 radical (unpaired) electrons. The largest absolute Gasteiger partial charge is 0.270 e. The van der Waals surface area contributed by atoms with Crippen LogP contribution in [0.2, 0.25) is 0 Å². The summed E-state index contributed by atoms with van der Waals surface area (Å²) in [5.74, 6) is 1.32. The van der Waals surface area contributed by atoms with Gasteiger partial charge in [0.25, 0.3) is 5.69 Å². The van der Waals surface area contributed by atoms with Gasteiger partial charge in [0.1, 0.15) is 0 Å². The lowest BCUT2D eigenvalue weighted by molar-refractivity contribution is -0.384. The molecule has 0 unspecified atom stereocenters. The fourth-order valence-electron chi connectivity index (χ4n) is 1.47. The van der Waals surface area contributed by atoms with Crippen LogP contribution >= 0.6 is 0 Å². The van der Waals surface area contributed by atoms with E-state index in [9.17, 15) is 10.1 Å². The second-order valence-electron chi connectivity index (χ2n) is 3.70. The summed E-state index contributed by atoms with van der Waals surface area (Å²) >= 11 is 0. The molecule has 1 aromatic heterocycles. The Balaban J connectivity index is 2.29. The van der Waals surface area contributed by atoms with Crippen LogP contribution in [-0.4, -0.2) is 26.0 Å². The first-order chi connectivity index (χ1) is 8.58. The molecule has 0 fully saturated rings. The standard InChI is InChI=1S/C11H11N5O2/c1-8-13-14-9(2)15(8)12-7-10-4-3-5-11(6-10)16(17)18/h3-7H,1-2H3. The van der Waals surface area contributed by atoms with Crippen molar-refractivity contribution < 1.29 is 4.92 Å². The summed E-state index contributed by atoms with van der Waals surface area (Å²) < 4.78 is 1.57. The van der Waals surface area contributed by atoms with Crippen LogP contribution in [0.15, 0.2) is 29.4 Å². The highest BCUT2D eigenvalue weighted by Gasteiger charge is 2.05. The van der Waals surface area contributed by atoms with Crippen LogP contribution < -0.4 is 0 Å². The molecule has 0 saturated heterocycles. The Morgan fingerprint density at radius 1 is 1.33 bits per heavy atom. The van der Waals surface area contributed by atoms with Gasteiger partial charge < -0.3 is 0 Å². The van der Waals surface area contributed by atoms with Crippen molar-refractivity contribution in [2.45, 2.75) is 13.8 Å². The van der Waals surface area contributed by atoms with Gasteiger partial charge in [0, 0.05) is 17.7 Å². The van der Waals surface area contributed by atoms with Crippen molar-refractivity contribution in [3.63, 3.8) is 0 Å². The molecule has 0 atom stereocenters. The van der Waals surface area contributed by atoms with Gasteiger partial charge in [0.2, 0.25) is 0 Å². The highest BCUT2D eigenvalue weighted by atomic mass is 16.6. The topological polar surface area (TPSA) is 86.2 Å². The quantitative estimate of drug-likeness (QED) is 0.467. The summed E-state index contributed by atoms with van der Waals surface area (Å²) in [6.45, 7) is 3.57. The number of aromatic nitrogens is 3. The molecule has 0 aliphatic heterocycles. The minimum Gasteiger partial charge on any atom is -0.258 e. The van der Waals surface area contributed by atoms with Gasteiger partial charge in [0.15, 0.2) is 11.6 Å². The van der Waals surface area contributed by atoms with Gasteiger partial charge in [-0.3, -0.25) is 10.1 Å². The smallest absolute Gasteiger partial charge is 0.258 e. The Hall–Kier alpha value is -2.57. The molecule has 0 saturated carbocycles. The average Bonchev–Trinajstić information content (AvgIpc) is 2.67. The maximum Gasteiger partial charge on any atom is 0.270 e. The van der Waals surface area contributed by atoms with Crippen molar-refractivity contribution in [3.8, 4) is 0 Å². The molecule has 18 heavy (non-hydrogen) atoms. The Labute approximate surface area is 103 Å². The molecule has 0 aliphatic rings. The summed E-state index contributed by atoms with van der Waals surface area (Å²) in [5.41, 5.74) is 0.688. The summed E-state index contributed by atoms with van der Waals surface area (Å²) in [6, 6.07) is 6.25. The number of hydrogen-bond acceptors (Lipinski definition) is 5. The molecule has 92 valence electrons. The third-order valence-corrected chi connectivity index (χ3v) is 2.36. The lowest BCUT2D eigenvalue weighted by atomic mass is 10.2. The molecule has 2 aromatic rings. The van der Waals surface area contributed by atoms with Gasteiger partial charge in [-0.1, -0.05) is 12.1 Å². The normalized spacial score (nSPS) is 11.0. The van der Waals surface area contributed by atoms with E-state index >= 15 is 0 Å². The Kier molecular flexibility index (Phi) is 3.13. The fraction of sp³-hybridized carbons (Fsp3) is 0.182. The predicted octanol–water partition coefficient (Wildman–Crippen LogP) is 1.69. The van der Waals surface area contributed by atoms with Crippen LogP contribution in [-0.2, 0) is 0 Å².